The summed E-state index contributed by atoms with van der Waals surface area (Å²) in [5, 5.41) is 4.20. The maximum atomic E-state index is 13.0. The zero-order valence-electron chi connectivity index (χ0n) is 16.3. The Hall–Kier alpha value is -1.95. The number of carbonyl (C=O) groups is 2. The van der Waals surface area contributed by atoms with Gasteiger partial charge in [0.1, 0.15) is 11.8 Å². The lowest BCUT2D eigenvalue weighted by atomic mass is 10.1. The van der Waals surface area contributed by atoms with E-state index in [0.29, 0.717) is 39.3 Å². The second-order valence-corrected chi connectivity index (χ2v) is 7.53. The van der Waals surface area contributed by atoms with E-state index in [1.54, 1.807) is 42.5 Å². The second kappa shape index (κ2) is 11.3. The second-order valence-electron chi connectivity index (χ2n) is 6.28. The molecule has 1 N–H and O–H groups in total. The standard InChI is InChI=1S/C21H23Cl3N2O3/c1-3-19(21(28)25-4-2)26(12-16-17(23)6-5-7-18(16)24)20(27)13-29-15-10-8-14(22)9-11-15/h5-11,19H,3-4,12-13H2,1-2H3,(H,25,28)/t19-/m0/s1. The quantitative estimate of drug-likeness (QED) is 0.578. The molecule has 0 fully saturated rings. The molecule has 0 saturated carbocycles. The van der Waals surface area contributed by atoms with Crippen molar-refractivity contribution >= 4 is 46.6 Å². The average Bonchev–Trinajstić information content (AvgIpc) is 2.69. The smallest absolute Gasteiger partial charge is 0.261 e. The fourth-order valence-electron chi connectivity index (χ4n) is 2.82. The Morgan fingerprint density at radius 2 is 1.66 bits per heavy atom. The first-order chi connectivity index (χ1) is 13.9. The van der Waals surface area contributed by atoms with Gasteiger partial charge < -0.3 is 15.0 Å². The maximum absolute atomic E-state index is 13.0. The number of hydrogen-bond donors (Lipinski definition) is 1. The number of likely N-dealkylation sites (N-methyl/N-ethyl adjacent to an activating group) is 1. The molecule has 156 valence electrons. The Bertz CT molecular complexity index is 823. The molecule has 0 heterocycles. The summed E-state index contributed by atoms with van der Waals surface area (Å²) in [5.41, 5.74) is 0.582. The molecule has 2 amide bonds. The van der Waals surface area contributed by atoms with Crippen LogP contribution in [-0.2, 0) is 16.1 Å². The van der Waals surface area contributed by atoms with E-state index in [0.717, 1.165) is 0 Å². The summed E-state index contributed by atoms with van der Waals surface area (Å²) in [5.74, 6) is -0.0865. The van der Waals surface area contributed by atoms with Crippen molar-refractivity contribution in [2.75, 3.05) is 13.2 Å². The van der Waals surface area contributed by atoms with E-state index in [4.69, 9.17) is 39.5 Å². The summed E-state index contributed by atoms with van der Waals surface area (Å²) in [4.78, 5) is 27.0. The lowest BCUT2D eigenvalue weighted by molar-refractivity contribution is -0.142. The van der Waals surface area contributed by atoms with E-state index in [1.807, 2.05) is 13.8 Å². The van der Waals surface area contributed by atoms with Crippen LogP contribution in [0.3, 0.4) is 0 Å². The number of amides is 2. The molecule has 2 aromatic carbocycles. The normalized spacial score (nSPS) is 11.6. The minimum Gasteiger partial charge on any atom is -0.484 e. The van der Waals surface area contributed by atoms with Crippen LogP contribution in [0.15, 0.2) is 42.5 Å². The van der Waals surface area contributed by atoms with Gasteiger partial charge in [0.05, 0.1) is 0 Å². The molecule has 0 saturated heterocycles. The molecule has 1 atom stereocenters. The Morgan fingerprint density at radius 3 is 2.21 bits per heavy atom. The Morgan fingerprint density at radius 1 is 1.03 bits per heavy atom. The van der Waals surface area contributed by atoms with Gasteiger partial charge in [-0.05, 0) is 49.7 Å². The molecule has 0 spiro atoms. The van der Waals surface area contributed by atoms with Gasteiger partial charge in [0.15, 0.2) is 6.61 Å². The lowest BCUT2D eigenvalue weighted by Crippen LogP contribution is -2.50. The number of carbonyl (C=O) groups excluding carboxylic acids is 2. The zero-order valence-corrected chi connectivity index (χ0v) is 18.5. The molecular formula is C21H23Cl3N2O3. The van der Waals surface area contributed by atoms with Gasteiger partial charge in [-0.1, -0.05) is 47.8 Å². The molecule has 0 radical (unpaired) electrons. The highest BCUT2D eigenvalue weighted by atomic mass is 35.5. The van der Waals surface area contributed by atoms with Gasteiger partial charge in [-0.2, -0.15) is 0 Å². The van der Waals surface area contributed by atoms with Crippen molar-refractivity contribution in [3.63, 3.8) is 0 Å². The maximum Gasteiger partial charge on any atom is 0.261 e. The molecular weight excluding hydrogens is 435 g/mol. The minimum atomic E-state index is -0.677. The van der Waals surface area contributed by atoms with Gasteiger partial charge in [-0.25, -0.2) is 0 Å². The first-order valence-electron chi connectivity index (χ1n) is 9.25. The monoisotopic (exact) mass is 456 g/mol. The average molecular weight is 458 g/mol. The highest BCUT2D eigenvalue weighted by Gasteiger charge is 2.29. The highest BCUT2D eigenvalue weighted by molar-refractivity contribution is 6.36. The fourth-order valence-corrected chi connectivity index (χ4v) is 3.47. The van der Waals surface area contributed by atoms with Crippen LogP contribution in [0.5, 0.6) is 5.75 Å². The third kappa shape index (κ3) is 6.53. The van der Waals surface area contributed by atoms with Crippen molar-refractivity contribution in [1.82, 2.24) is 10.2 Å². The van der Waals surface area contributed by atoms with Gasteiger partial charge in [0.25, 0.3) is 5.91 Å². The molecule has 2 rings (SSSR count). The molecule has 0 aliphatic rings. The van der Waals surface area contributed by atoms with Gasteiger partial charge in [-0.15, -0.1) is 0 Å². The van der Waals surface area contributed by atoms with Gasteiger partial charge in [0, 0.05) is 33.7 Å². The molecule has 8 heteroatoms. The van der Waals surface area contributed by atoms with Gasteiger partial charge in [-0.3, -0.25) is 9.59 Å². The SMILES string of the molecule is CCNC(=O)[C@H](CC)N(Cc1c(Cl)cccc1Cl)C(=O)COc1ccc(Cl)cc1. The van der Waals surface area contributed by atoms with Crippen LogP contribution < -0.4 is 10.1 Å². The third-order valence-corrected chi connectivity index (χ3v) is 5.26. The number of nitrogens with one attached hydrogen (secondary N) is 1. The molecule has 0 unspecified atom stereocenters. The molecule has 0 aliphatic heterocycles. The van der Waals surface area contributed by atoms with Crippen LogP contribution in [0.25, 0.3) is 0 Å². The number of halogens is 3. The van der Waals surface area contributed by atoms with Gasteiger partial charge in [0.2, 0.25) is 5.91 Å². The number of rotatable bonds is 9. The summed E-state index contributed by atoms with van der Waals surface area (Å²) in [6.07, 6.45) is 0.431. The van der Waals surface area contributed by atoms with Crippen LogP contribution in [0, 0.1) is 0 Å². The van der Waals surface area contributed by atoms with Crippen molar-refractivity contribution in [2.45, 2.75) is 32.9 Å². The van der Waals surface area contributed by atoms with E-state index in [-0.39, 0.29) is 25.0 Å². The van der Waals surface area contributed by atoms with E-state index in [9.17, 15) is 9.59 Å². The fraction of sp³-hybridized carbons (Fsp3) is 0.333. The van der Waals surface area contributed by atoms with Crippen LogP contribution in [0.4, 0.5) is 0 Å². The summed E-state index contributed by atoms with van der Waals surface area (Å²) in [6, 6.07) is 11.1. The molecule has 29 heavy (non-hydrogen) atoms. The number of ether oxygens (including phenoxy) is 1. The van der Waals surface area contributed by atoms with Crippen LogP contribution in [0.1, 0.15) is 25.8 Å². The van der Waals surface area contributed by atoms with Crippen molar-refractivity contribution < 1.29 is 14.3 Å². The van der Waals surface area contributed by atoms with E-state index in [1.165, 1.54) is 4.90 Å². The highest BCUT2D eigenvalue weighted by Crippen LogP contribution is 2.27. The van der Waals surface area contributed by atoms with Crippen molar-refractivity contribution in [1.29, 1.82) is 0 Å². The summed E-state index contributed by atoms with van der Waals surface area (Å²) in [7, 11) is 0. The Kier molecular flexibility index (Phi) is 9.08. The summed E-state index contributed by atoms with van der Waals surface area (Å²) in [6.45, 7) is 3.99. The number of nitrogens with zero attached hydrogens (tertiary/aromatic N) is 1. The van der Waals surface area contributed by atoms with Crippen molar-refractivity contribution in [3.05, 3.63) is 63.1 Å². The van der Waals surface area contributed by atoms with Gasteiger partial charge >= 0.3 is 0 Å². The topological polar surface area (TPSA) is 58.6 Å². The third-order valence-electron chi connectivity index (χ3n) is 4.30. The number of benzene rings is 2. The first kappa shape index (κ1) is 23.3. The summed E-state index contributed by atoms with van der Waals surface area (Å²) >= 11 is 18.4. The van der Waals surface area contributed by atoms with Crippen LogP contribution in [0.2, 0.25) is 15.1 Å². The van der Waals surface area contributed by atoms with E-state index in [2.05, 4.69) is 5.32 Å². The predicted octanol–water partition coefficient (Wildman–Crippen LogP) is 4.97. The zero-order chi connectivity index (χ0) is 21.4. The van der Waals surface area contributed by atoms with Crippen molar-refractivity contribution in [3.8, 4) is 5.75 Å². The molecule has 5 nitrogen and oxygen atoms in total. The van der Waals surface area contributed by atoms with Crippen LogP contribution >= 0.6 is 34.8 Å². The van der Waals surface area contributed by atoms with E-state index < -0.39 is 6.04 Å². The predicted molar refractivity (Wildman–Crippen MR) is 117 cm³/mol. The minimum absolute atomic E-state index is 0.0942. The van der Waals surface area contributed by atoms with E-state index >= 15 is 0 Å². The molecule has 2 aromatic rings. The molecule has 0 bridgehead atoms. The molecule has 0 aromatic heterocycles. The molecule has 0 aliphatic carbocycles. The Labute approximate surface area is 185 Å². The summed E-state index contributed by atoms with van der Waals surface area (Å²) < 4.78 is 5.59. The number of hydrogen-bond acceptors (Lipinski definition) is 3. The van der Waals surface area contributed by atoms with Crippen molar-refractivity contribution in [2.24, 2.45) is 0 Å². The Balaban J connectivity index is 2.25. The van der Waals surface area contributed by atoms with Crippen LogP contribution in [-0.4, -0.2) is 35.9 Å². The first-order valence-corrected chi connectivity index (χ1v) is 10.4. The largest absolute Gasteiger partial charge is 0.484 e. The lowest BCUT2D eigenvalue weighted by Gasteiger charge is -2.31.